The van der Waals surface area contributed by atoms with Crippen LogP contribution in [0.1, 0.15) is 6.42 Å². The molecule has 2 heterocycles. The topological polar surface area (TPSA) is 15.3 Å². The van der Waals surface area contributed by atoms with Crippen molar-refractivity contribution in [2.24, 2.45) is 0 Å². The summed E-state index contributed by atoms with van der Waals surface area (Å²) >= 11 is 0. The van der Waals surface area contributed by atoms with Gasteiger partial charge in [-0.1, -0.05) is 6.08 Å². The molecule has 1 saturated heterocycles. The van der Waals surface area contributed by atoms with Gasteiger partial charge >= 0.3 is 0 Å². The minimum absolute atomic E-state index is 0.777. The molecule has 0 saturated carbocycles. The molecule has 0 spiro atoms. The van der Waals surface area contributed by atoms with E-state index in [0.29, 0.717) is 0 Å². The van der Waals surface area contributed by atoms with E-state index in [2.05, 4.69) is 22.5 Å². The van der Waals surface area contributed by atoms with Crippen LogP contribution < -0.4 is 5.32 Å². The standard InChI is InChI=1S/C7H12N2/c1-2-7-6-8-3-5-9(7)4-1/h1,4,7-8H,2-3,5-6H2. The predicted molar refractivity (Wildman–Crippen MR) is 37.1 cm³/mol. The van der Waals surface area contributed by atoms with Gasteiger partial charge in [0.15, 0.2) is 0 Å². The molecule has 1 unspecified atom stereocenters. The van der Waals surface area contributed by atoms with Crippen LogP contribution in [0.25, 0.3) is 0 Å². The van der Waals surface area contributed by atoms with Gasteiger partial charge in [-0.2, -0.15) is 0 Å². The van der Waals surface area contributed by atoms with Crippen LogP contribution in [0.5, 0.6) is 0 Å². The third kappa shape index (κ3) is 0.833. The second-order valence-corrected chi connectivity index (χ2v) is 2.72. The van der Waals surface area contributed by atoms with E-state index < -0.39 is 0 Å². The summed E-state index contributed by atoms with van der Waals surface area (Å²) < 4.78 is 0. The molecule has 2 rings (SSSR count). The Morgan fingerprint density at radius 3 is 3.44 bits per heavy atom. The van der Waals surface area contributed by atoms with E-state index in [9.17, 15) is 0 Å². The number of rotatable bonds is 0. The molecule has 9 heavy (non-hydrogen) atoms. The highest BCUT2D eigenvalue weighted by molar-refractivity contribution is 5.00. The van der Waals surface area contributed by atoms with Crippen LogP contribution in [-0.4, -0.2) is 30.6 Å². The zero-order chi connectivity index (χ0) is 6.10. The summed E-state index contributed by atoms with van der Waals surface area (Å²) in [5.41, 5.74) is 0. The monoisotopic (exact) mass is 124 g/mol. The van der Waals surface area contributed by atoms with Gasteiger partial charge in [0.2, 0.25) is 0 Å². The lowest BCUT2D eigenvalue weighted by Crippen LogP contribution is -2.46. The maximum Gasteiger partial charge on any atom is 0.0444 e. The minimum Gasteiger partial charge on any atom is -0.372 e. The quantitative estimate of drug-likeness (QED) is 0.495. The SMILES string of the molecule is C1=CN2CCNCC2C1. The van der Waals surface area contributed by atoms with Crippen molar-refractivity contribution >= 4 is 0 Å². The average Bonchev–Trinajstić information content (AvgIpc) is 2.33. The van der Waals surface area contributed by atoms with Gasteiger partial charge in [0.05, 0.1) is 0 Å². The van der Waals surface area contributed by atoms with Crippen molar-refractivity contribution in [1.29, 1.82) is 0 Å². The molecular weight excluding hydrogens is 112 g/mol. The fourth-order valence-corrected chi connectivity index (χ4v) is 1.54. The summed E-state index contributed by atoms with van der Waals surface area (Å²) in [4.78, 5) is 2.43. The lowest BCUT2D eigenvalue weighted by atomic mass is 10.2. The molecule has 2 nitrogen and oxygen atoms in total. The highest BCUT2D eigenvalue weighted by Crippen LogP contribution is 2.14. The Kier molecular flexibility index (Phi) is 1.19. The smallest absolute Gasteiger partial charge is 0.0444 e. The Morgan fingerprint density at radius 1 is 1.56 bits per heavy atom. The third-order valence-electron chi connectivity index (χ3n) is 2.10. The van der Waals surface area contributed by atoms with Crippen molar-refractivity contribution < 1.29 is 0 Å². The molecule has 0 aromatic rings. The van der Waals surface area contributed by atoms with E-state index in [1.165, 1.54) is 19.5 Å². The number of piperazine rings is 1. The minimum atomic E-state index is 0.777. The highest BCUT2D eigenvalue weighted by atomic mass is 15.2. The van der Waals surface area contributed by atoms with Gasteiger partial charge in [0, 0.05) is 25.7 Å². The van der Waals surface area contributed by atoms with E-state index in [4.69, 9.17) is 0 Å². The van der Waals surface area contributed by atoms with Crippen molar-refractivity contribution in [2.75, 3.05) is 19.6 Å². The van der Waals surface area contributed by atoms with Gasteiger partial charge in [0.1, 0.15) is 0 Å². The van der Waals surface area contributed by atoms with E-state index in [1.807, 2.05) is 0 Å². The lowest BCUT2D eigenvalue weighted by Gasteiger charge is -2.30. The molecule has 50 valence electrons. The molecule has 1 fully saturated rings. The predicted octanol–water partition coefficient (Wildman–Crippen LogP) is 0.178. The molecule has 0 bridgehead atoms. The van der Waals surface area contributed by atoms with Gasteiger partial charge in [-0.05, 0) is 12.6 Å². The molecule has 2 aliphatic heterocycles. The van der Waals surface area contributed by atoms with Gasteiger partial charge in [-0.15, -0.1) is 0 Å². The Morgan fingerprint density at radius 2 is 2.56 bits per heavy atom. The van der Waals surface area contributed by atoms with Crippen LogP contribution in [0.15, 0.2) is 12.3 Å². The van der Waals surface area contributed by atoms with E-state index in [0.717, 1.165) is 12.6 Å². The molecule has 0 amide bonds. The Hall–Kier alpha value is -0.500. The van der Waals surface area contributed by atoms with Gasteiger partial charge in [-0.3, -0.25) is 0 Å². The average molecular weight is 124 g/mol. The fraction of sp³-hybridized carbons (Fsp3) is 0.714. The van der Waals surface area contributed by atoms with E-state index >= 15 is 0 Å². The summed E-state index contributed by atoms with van der Waals surface area (Å²) in [5.74, 6) is 0. The number of nitrogens with zero attached hydrogens (tertiary/aromatic N) is 1. The summed E-state index contributed by atoms with van der Waals surface area (Å²) in [7, 11) is 0. The normalized spacial score (nSPS) is 32.9. The number of hydrogen-bond acceptors (Lipinski definition) is 2. The molecule has 0 radical (unpaired) electrons. The number of hydrogen-bond donors (Lipinski definition) is 1. The molecule has 0 aromatic carbocycles. The summed E-state index contributed by atoms with van der Waals surface area (Å²) in [6.07, 6.45) is 5.73. The molecule has 1 atom stereocenters. The van der Waals surface area contributed by atoms with Crippen molar-refractivity contribution in [1.82, 2.24) is 10.2 Å². The third-order valence-corrected chi connectivity index (χ3v) is 2.10. The van der Waals surface area contributed by atoms with Crippen molar-refractivity contribution in [3.63, 3.8) is 0 Å². The van der Waals surface area contributed by atoms with Crippen LogP contribution in [0.2, 0.25) is 0 Å². The lowest BCUT2D eigenvalue weighted by molar-refractivity contribution is 0.249. The second kappa shape index (κ2) is 2.03. The van der Waals surface area contributed by atoms with Crippen LogP contribution in [0.3, 0.4) is 0 Å². The molecule has 2 heteroatoms. The maximum absolute atomic E-state index is 3.37. The maximum atomic E-state index is 3.37. The Labute approximate surface area is 55.5 Å². The Balaban J connectivity index is 2.03. The van der Waals surface area contributed by atoms with Crippen LogP contribution in [0, 0.1) is 0 Å². The van der Waals surface area contributed by atoms with Gasteiger partial charge < -0.3 is 10.2 Å². The first-order valence-electron chi connectivity index (χ1n) is 3.60. The molecule has 0 aromatic heterocycles. The molecule has 0 aliphatic carbocycles. The van der Waals surface area contributed by atoms with Crippen LogP contribution in [0.4, 0.5) is 0 Å². The fourth-order valence-electron chi connectivity index (χ4n) is 1.54. The molecule has 1 N–H and O–H groups in total. The van der Waals surface area contributed by atoms with Crippen molar-refractivity contribution in [3.8, 4) is 0 Å². The number of fused-ring (bicyclic) bond motifs is 1. The largest absolute Gasteiger partial charge is 0.372 e. The van der Waals surface area contributed by atoms with Crippen LogP contribution in [-0.2, 0) is 0 Å². The van der Waals surface area contributed by atoms with Crippen molar-refractivity contribution in [2.45, 2.75) is 12.5 Å². The summed E-state index contributed by atoms with van der Waals surface area (Å²) in [6, 6.07) is 0.777. The first kappa shape index (κ1) is 5.30. The zero-order valence-electron chi connectivity index (χ0n) is 5.51. The molecule has 2 aliphatic rings. The summed E-state index contributed by atoms with van der Waals surface area (Å²) in [5, 5.41) is 3.37. The highest BCUT2D eigenvalue weighted by Gasteiger charge is 2.20. The first-order chi connectivity index (χ1) is 4.47. The summed E-state index contributed by atoms with van der Waals surface area (Å²) in [6.45, 7) is 3.52. The second-order valence-electron chi connectivity index (χ2n) is 2.72. The first-order valence-corrected chi connectivity index (χ1v) is 3.60. The number of nitrogens with one attached hydrogen (secondary N) is 1. The molecular formula is C7H12N2. The van der Waals surface area contributed by atoms with Crippen molar-refractivity contribution in [3.05, 3.63) is 12.3 Å². The Bertz CT molecular complexity index is 131. The van der Waals surface area contributed by atoms with Crippen LogP contribution >= 0.6 is 0 Å². The van der Waals surface area contributed by atoms with Gasteiger partial charge in [-0.25, -0.2) is 0 Å². The zero-order valence-corrected chi connectivity index (χ0v) is 5.51. The van der Waals surface area contributed by atoms with Gasteiger partial charge in [0.25, 0.3) is 0 Å². The van der Waals surface area contributed by atoms with E-state index in [1.54, 1.807) is 0 Å². The van der Waals surface area contributed by atoms with E-state index in [-0.39, 0.29) is 0 Å².